The lowest BCUT2D eigenvalue weighted by molar-refractivity contribution is 0.0927. The summed E-state index contributed by atoms with van der Waals surface area (Å²) in [5, 5.41) is 11.5. The number of hydrogen-bond donors (Lipinski definition) is 2. The zero-order chi connectivity index (χ0) is 16.7. The van der Waals surface area contributed by atoms with Crippen LogP contribution in [0.5, 0.6) is 0 Å². The first-order valence-electron chi connectivity index (χ1n) is 8.40. The van der Waals surface area contributed by atoms with Crippen molar-refractivity contribution in [1.29, 1.82) is 0 Å². The van der Waals surface area contributed by atoms with Gasteiger partial charge in [0.15, 0.2) is 5.69 Å². The lowest BCUT2D eigenvalue weighted by atomic mass is 10.1. The summed E-state index contributed by atoms with van der Waals surface area (Å²) in [5.74, 6) is 0.731. The maximum absolute atomic E-state index is 12.7. The molecule has 7 heteroatoms. The minimum absolute atomic E-state index is 0.0439. The number of aromatic nitrogens is 3. The molecule has 2 aromatic rings. The third-order valence-corrected chi connectivity index (χ3v) is 5.25. The van der Waals surface area contributed by atoms with Crippen LogP contribution in [0.25, 0.3) is 5.69 Å². The summed E-state index contributed by atoms with van der Waals surface area (Å²) < 4.78 is 2.81. The van der Waals surface area contributed by atoms with E-state index in [0.717, 1.165) is 41.5 Å². The molecule has 4 rings (SSSR count). The largest absolute Gasteiger partial charge is 0.346 e. The highest BCUT2D eigenvalue weighted by Gasteiger charge is 2.36. The van der Waals surface area contributed by atoms with E-state index in [1.54, 1.807) is 4.68 Å². The van der Waals surface area contributed by atoms with E-state index >= 15 is 0 Å². The standard InChI is InChI=1S/C17H20BrN5O/c18-12-5-7-13(8-6-12)23-16(11-3-4-11)15(21-22-23)17(24)20-14(9-19)10-1-2-10/h5-8,10-11,14H,1-4,9,19H2,(H,20,24). The molecule has 24 heavy (non-hydrogen) atoms. The van der Waals surface area contributed by atoms with Gasteiger partial charge in [-0.1, -0.05) is 21.1 Å². The third kappa shape index (κ3) is 3.10. The highest BCUT2D eigenvalue weighted by molar-refractivity contribution is 9.10. The molecule has 0 aliphatic heterocycles. The van der Waals surface area contributed by atoms with E-state index in [-0.39, 0.29) is 11.9 Å². The van der Waals surface area contributed by atoms with E-state index in [9.17, 15) is 4.79 Å². The molecule has 2 fully saturated rings. The average molecular weight is 390 g/mol. The zero-order valence-electron chi connectivity index (χ0n) is 13.3. The molecule has 3 N–H and O–H groups in total. The van der Waals surface area contributed by atoms with Crippen LogP contribution in [-0.2, 0) is 0 Å². The summed E-state index contributed by atoms with van der Waals surface area (Å²) in [6, 6.07) is 7.91. The van der Waals surface area contributed by atoms with Gasteiger partial charge in [0, 0.05) is 23.0 Å². The van der Waals surface area contributed by atoms with Crippen LogP contribution in [0.2, 0.25) is 0 Å². The monoisotopic (exact) mass is 389 g/mol. The third-order valence-electron chi connectivity index (χ3n) is 4.72. The first-order valence-corrected chi connectivity index (χ1v) is 9.19. The molecule has 0 radical (unpaired) electrons. The molecular formula is C17H20BrN5O. The first-order chi connectivity index (χ1) is 11.7. The van der Waals surface area contributed by atoms with Crippen molar-refractivity contribution in [2.24, 2.45) is 11.7 Å². The lowest BCUT2D eigenvalue weighted by Crippen LogP contribution is -2.42. The second-order valence-electron chi connectivity index (χ2n) is 6.64. The van der Waals surface area contributed by atoms with Crippen LogP contribution in [0.4, 0.5) is 0 Å². The number of nitrogens with two attached hydrogens (primary N) is 1. The number of nitrogens with one attached hydrogen (secondary N) is 1. The second-order valence-corrected chi connectivity index (χ2v) is 7.55. The molecule has 1 heterocycles. The van der Waals surface area contributed by atoms with Crippen molar-refractivity contribution in [3.05, 3.63) is 40.1 Å². The fourth-order valence-electron chi connectivity index (χ4n) is 3.05. The zero-order valence-corrected chi connectivity index (χ0v) is 14.9. The van der Waals surface area contributed by atoms with Gasteiger partial charge in [0.1, 0.15) is 0 Å². The van der Waals surface area contributed by atoms with Crippen molar-refractivity contribution in [1.82, 2.24) is 20.3 Å². The van der Waals surface area contributed by atoms with Gasteiger partial charge in [0.25, 0.3) is 5.91 Å². The van der Waals surface area contributed by atoms with Crippen molar-refractivity contribution in [2.45, 2.75) is 37.6 Å². The molecular weight excluding hydrogens is 370 g/mol. The Balaban J connectivity index is 1.63. The van der Waals surface area contributed by atoms with Crippen molar-refractivity contribution in [3.8, 4) is 5.69 Å². The Bertz CT molecular complexity index is 749. The number of benzene rings is 1. The molecule has 1 aromatic carbocycles. The van der Waals surface area contributed by atoms with E-state index in [1.807, 2.05) is 24.3 Å². The Morgan fingerprint density at radius 2 is 2.00 bits per heavy atom. The number of carbonyl (C=O) groups excluding carboxylic acids is 1. The van der Waals surface area contributed by atoms with Gasteiger partial charge in [0.2, 0.25) is 0 Å². The molecule has 2 saturated carbocycles. The van der Waals surface area contributed by atoms with Gasteiger partial charge >= 0.3 is 0 Å². The molecule has 126 valence electrons. The summed E-state index contributed by atoms with van der Waals surface area (Å²) in [6.07, 6.45) is 4.44. The fraction of sp³-hybridized carbons (Fsp3) is 0.471. The van der Waals surface area contributed by atoms with E-state index in [2.05, 4.69) is 31.6 Å². The van der Waals surface area contributed by atoms with E-state index in [1.165, 1.54) is 0 Å². The van der Waals surface area contributed by atoms with E-state index < -0.39 is 0 Å². The van der Waals surface area contributed by atoms with Gasteiger partial charge in [-0.2, -0.15) is 0 Å². The topological polar surface area (TPSA) is 85.8 Å². The molecule has 2 aliphatic rings. The Morgan fingerprint density at radius 3 is 2.58 bits per heavy atom. The second kappa shape index (κ2) is 6.29. The van der Waals surface area contributed by atoms with Crippen LogP contribution in [0.1, 0.15) is 47.8 Å². The van der Waals surface area contributed by atoms with Gasteiger partial charge in [0.05, 0.1) is 11.4 Å². The minimum atomic E-state index is -0.150. The Hall–Kier alpha value is -1.73. The lowest BCUT2D eigenvalue weighted by Gasteiger charge is -2.15. The number of carbonyl (C=O) groups is 1. The van der Waals surface area contributed by atoms with Gasteiger partial charge in [-0.3, -0.25) is 4.79 Å². The summed E-state index contributed by atoms with van der Waals surface area (Å²) in [7, 11) is 0. The normalized spacial score (nSPS) is 18.4. The van der Waals surface area contributed by atoms with Crippen LogP contribution >= 0.6 is 15.9 Å². The SMILES string of the molecule is NCC(NC(=O)c1nnn(-c2ccc(Br)cc2)c1C1CC1)C1CC1. The number of hydrogen-bond acceptors (Lipinski definition) is 4. The average Bonchev–Trinajstić information content (AvgIpc) is 3.51. The number of amides is 1. The first kappa shape index (κ1) is 15.8. The smallest absolute Gasteiger partial charge is 0.274 e. The predicted molar refractivity (Wildman–Crippen MR) is 94.1 cm³/mol. The summed E-state index contributed by atoms with van der Waals surface area (Å²) >= 11 is 3.44. The van der Waals surface area contributed by atoms with Crippen LogP contribution in [-0.4, -0.2) is 33.5 Å². The quantitative estimate of drug-likeness (QED) is 0.793. The van der Waals surface area contributed by atoms with Gasteiger partial charge in [-0.15, -0.1) is 5.10 Å². The van der Waals surface area contributed by atoms with E-state index in [0.29, 0.717) is 24.1 Å². The number of nitrogens with zero attached hydrogens (tertiary/aromatic N) is 3. The molecule has 2 aliphatic carbocycles. The van der Waals surface area contributed by atoms with Crippen LogP contribution < -0.4 is 11.1 Å². The molecule has 1 amide bonds. The highest BCUT2D eigenvalue weighted by atomic mass is 79.9. The summed E-state index contributed by atoms with van der Waals surface area (Å²) in [5.41, 5.74) is 8.08. The van der Waals surface area contributed by atoms with Crippen LogP contribution in [0.15, 0.2) is 28.7 Å². The Kier molecular flexibility index (Phi) is 4.14. The van der Waals surface area contributed by atoms with Crippen LogP contribution in [0, 0.1) is 5.92 Å². The number of halogens is 1. The van der Waals surface area contributed by atoms with Gasteiger partial charge in [-0.25, -0.2) is 4.68 Å². The Morgan fingerprint density at radius 1 is 1.29 bits per heavy atom. The molecule has 1 atom stereocenters. The molecule has 0 saturated heterocycles. The molecule has 0 spiro atoms. The minimum Gasteiger partial charge on any atom is -0.346 e. The molecule has 0 bridgehead atoms. The van der Waals surface area contributed by atoms with Gasteiger partial charge < -0.3 is 11.1 Å². The molecule has 6 nitrogen and oxygen atoms in total. The van der Waals surface area contributed by atoms with Crippen molar-refractivity contribution >= 4 is 21.8 Å². The van der Waals surface area contributed by atoms with E-state index in [4.69, 9.17) is 5.73 Å². The van der Waals surface area contributed by atoms with Crippen LogP contribution in [0.3, 0.4) is 0 Å². The van der Waals surface area contributed by atoms with Crippen molar-refractivity contribution in [2.75, 3.05) is 6.54 Å². The number of rotatable bonds is 6. The maximum Gasteiger partial charge on any atom is 0.274 e. The maximum atomic E-state index is 12.7. The fourth-order valence-corrected chi connectivity index (χ4v) is 3.32. The molecule has 1 unspecified atom stereocenters. The predicted octanol–water partition coefficient (Wildman–Crippen LogP) is 2.37. The van der Waals surface area contributed by atoms with Gasteiger partial charge in [-0.05, 0) is 55.9 Å². The highest BCUT2D eigenvalue weighted by Crippen LogP contribution is 2.42. The summed E-state index contributed by atoms with van der Waals surface area (Å²) in [6.45, 7) is 0.468. The summed E-state index contributed by atoms with van der Waals surface area (Å²) in [4.78, 5) is 12.7. The Labute approximate surface area is 148 Å². The van der Waals surface area contributed by atoms with Crippen molar-refractivity contribution in [3.63, 3.8) is 0 Å². The van der Waals surface area contributed by atoms with Crippen molar-refractivity contribution < 1.29 is 4.79 Å². The molecule has 1 aromatic heterocycles.